The van der Waals surface area contributed by atoms with E-state index in [1.54, 1.807) is 19.9 Å². The van der Waals surface area contributed by atoms with Gasteiger partial charge in [0.25, 0.3) is 0 Å². The number of sulfonamides is 1. The highest BCUT2D eigenvalue weighted by atomic mass is 32.2. The van der Waals surface area contributed by atoms with Gasteiger partial charge in [0.1, 0.15) is 11.9 Å². The van der Waals surface area contributed by atoms with Crippen LogP contribution in [-0.4, -0.2) is 25.3 Å². The molecule has 0 aliphatic heterocycles. The molecule has 0 radical (unpaired) electrons. The maximum absolute atomic E-state index is 13.2. The third kappa shape index (κ3) is 3.31. The first kappa shape index (κ1) is 15.6. The predicted octanol–water partition coefficient (Wildman–Crippen LogP) is 2.51. The molecule has 6 heteroatoms. The lowest BCUT2D eigenvalue weighted by molar-refractivity contribution is 0.354. The molecule has 0 fully saturated rings. The Hall–Kier alpha value is -1.45. The SMILES string of the molecule is CCCN(C(C)C)S(=O)(=O)c1ccc(F)c(C#N)c1. The number of nitrogens with zero attached hydrogens (tertiary/aromatic N) is 2. The van der Waals surface area contributed by atoms with Gasteiger partial charge in [-0.2, -0.15) is 9.57 Å². The van der Waals surface area contributed by atoms with E-state index in [4.69, 9.17) is 5.26 Å². The molecule has 4 nitrogen and oxygen atoms in total. The van der Waals surface area contributed by atoms with Gasteiger partial charge in [0, 0.05) is 12.6 Å². The van der Waals surface area contributed by atoms with Gasteiger partial charge in [-0.1, -0.05) is 6.92 Å². The van der Waals surface area contributed by atoms with Crippen LogP contribution in [0.25, 0.3) is 0 Å². The summed E-state index contributed by atoms with van der Waals surface area (Å²) in [6, 6.07) is 4.74. The summed E-state index contributed by atoms with van der Waals surface area (Å²) in [6.45, 7) is 5.83. The lowest BCUT2D eigenvalue weighted by Crippen LogP contribution is -2.37. The van der Waals surface area contributed by atoms with Crippen molar-refractivity contribution in [3.8, 4) is 6.07 Å². The highest BCUT2D eigenvalue weighted by molar-refractivity contribution is 7.89. The van der Waals surface area contributed by atoms with Gasteiger partial charge in [0.15, 0.2) is 0 Å². The molecule has 1 aromatic carbocycles. The van der Waals surface area contributed by atoms with Crippen LogP contribution in [0.2, 0.25) is 0 Å². The summed E-state index contributed by atoms with van der Waals surface area (Å²) in [5.41, 5.74) is -0.263. The maximum Gasteiger partial charge on any atom is 0.243 e. The third-order valence-electron chi connectivity index (χ3n) is 2.68. The molecule has 0 amide bonds. The molecule has 19 heavy (non-hydrogen) atoms. The van der Waals surface area contributed by atoms with E-state index in [1.165, 1.54) is 10.4 Å². The lowest BCUT2D eigenvalue weighted by atomic mass is 10.2. The molecule has 0 aromatic heterocycles. The van der Waals surface area contributed by atoms with Crippen LogP contribution in [0, 0.1) is 17.1 Å². The van der Waals surface area contributed by atoms with Crippen LogP contribution >= 0.6 is 0 Å². The van der Waals surface area contributed by atoms with Gasteiger partial charge < -0.3 is 0 Å². The minimum Gasteiger partial charge on any atom is -0.207 e. The number of nitriles is 1. The molecule has 0 heterocycles. The zero-order valence-corrected chi connectivity index (χ0v) is 12.0. The summed E-state index contributed by atoms with van der Waals surface area (Å²) in [4.78, 5) is -0.0485. The van der Waals surface area contributed by atoms with Gasteiger partial charge in [-0.3, -0.25) is 0 Å². The first-order valence-electron chi connectivity index (χ1n) is 6.06. The van der Waals surface area contributed by atoms with E-state index in [-0.39, 0.29) is 16.5 Å². The van der Waals surface area contributed by atoms with E-state index in [0.29, 0.717) is 13.0 Å². The van der Waals surface area contributed by atoms with E-state index >= 15 is 0 Å². The van der Waals surface area contributed by atoms with Crippen molar-refractivity contribution in [1.82, 2.24) is 4.31 Å². The fourth-order valence-electron chi connectivity index (χ4n) is 1.76. The van der Waals surface area contributed by atoms with Crippen LogP contribution in [0.3, 0.4) is 0 Å². The molecule has 104 valence electrons. The van der Waals surface area contributed by atoms with Crippen molar-refractivity contribution in [2.75, 3.05) is 6.54 Å². The molecule has 0 N–H and O–H groups in total. The Bertz CT molecular complexity index is 591. The molecule has 1 aromatic rings. The van der Waals surface area contributed by atoms with Crippen molar-refractivity contribution in [3.63, 3.8) is 0 Å². The van der Waals surface area contributed by atoms with E-state index in [2.05, 4.69) is 0 Å². The smallest absolute Gasteiger partial charge is 0.207 e. The zero-order chi connectivity index (χ0) is 14.6. The molecule has 0 saturated carbocycles. The Labute approximate surface area is 113 Å². The Morgan fingerprint density at radius 3 is 2.53 bits per heavy atom. The highest BCUT2D eigenvalue weighted by Crippen LogP contribution is 2.21. The quantitative estimate of drug-likeness (QED) is 0.834. The second-order valence-corrected chi connectivity index (χ2v) is 6.35. The van der Waals surface area contributed by atoms with Crippen molar-refractivity contribution in [1.29, 1.82) is 5.26 Å². The summed E-state index contributed by atoms with van der Waals surface area (Å²) < 4.78 is 39.5. The molecular formula is C13H17FN2O2S. The second-order valence-electron chi connectivity index (χ2n) is 4.46. The summed E-state index contributed by atoms with van der Waals surface area (Å²) in [6.07, 6.45) is 0.684. The van der Waals surface area contributed by atoms with Crippen molar-refractivity contribution < 1.29 is 12.8 Å². The van der Waals surface area contributed by atoms with Gasteiger partial charge in [-0.15, -0.1) is 0 Å². The predicted molar refractivity (Wildman–Crippen MR) is 70.4 cm³/mol. The van der Waals surface area contributed by atoms with Gasteiger partial charge >= 0.3 is 0 Å². The Balaban J connectivity index is 3.30. The number of hydrogen-bond donors (Lipinski definition) is 0. The highest BCUT2D eigenvalue weighted by Gasteiger charge is 2.26. The Morgan fingerprint density at radius 1 is 1.42 bits per heavy atom. The van der Waals surface area contributed by atoms with Gasteiger partial charge in [-0.25, -0.2) is 12.8 Å². The van der Waals surface area contributed by atoms with Gasteiger partial charge in [0.2, 0.25) is 10.0 Å². The molecule has 0 aliphatic rings. The summed E-state index contributed by atoms with van der Waals surface area (Å²) in [5, 5.41) is 8.76. The third-order valence-corrected chi connectivity index (χ3v) is 4.76. The van der Waals surface area contributed by atoms with E-state index < -0.39 is 15.8 Å². The van der Waals surface area contributed by atoms with E-state index in [1.807, 2.05) is 6.92 Å². The molecule has 0 unspecified atom stereocenters. The van der Waals surface area contributed by atoms with Crippen molar-refractivity contribution >= 4 is 10.0 Å². The molecule has 0 atom stereocenters. The second kappa shape index (κ2) is 6.13. The molecule has 0 bridgehead atoms. The molecule has 1 rings (SSSR count). The summed E-state index contributed by atoms with van der Waals surface area (Å²) in [5.74, 6) is -0.715. The maximum atomic E-state index is 13.2. The zero-order valence-electron chi connectivity index (χ0n) is 11.2. The fraction of sp³-hybridized carbons (Fsp3) is 0.462. The number of rotatable bonds is 5. The summed E-state index contributed by atoms with van der Waals surface area (Å²) >= 11 is 0. The largest absolute Gasteiger partial charge is 0.243 e. The van der Waals surface area contributed by atoms with Gasteiger partial charge in [0.05, 0.1) is 10.5 Å². The minimum atomic E-state index is -3.70. The fourth-order valence-corrected chi connectivity index (χ4v) is 3.52. The van der Waals surface area contributed by atoms with Crippen molar-refractivity contribution in [3.05, 3.63) is 29.6 Å². The molecule has 0 aliphatic carbocycles. The van der Waals surface area contributed by atoms with E-state index in [9.17, 15) is 12.8 Å². The first-order valence-corrected chi connectivity index (χ1v) is 7.50. The van der Waals surface area contributed by atoms with Crippen LogP contribution in [0.15, 0.2) is 23.1 Å². The van der Waals surface area contributed by atoms with Crippen molar-refractivity contribution in [2.45, 2.75) is 38.1 Å². The Morgan fingerprint density at radius 2 is 2.05 bits per heavy atom. The monoisotopic (exact) mass is 284 g/mol. The number of benzene rings is 1. The van der Waals surface area contributed by atoms with Crippen LogP contribution in [-0.2, 0) is 10.0 Å². The number of halogens is 1. The summed E-state index contributed by atoms with van der Waals surface area (Å²) in [7, 11) is -3.70. The normalized spacial score (nSPS) is 11.8. The van der Waals surface area contributed by atoms with E-state index in [0.717, 1.165) is 12.1 Å². The topological polar surface area (TPSA) is 61.2 Å². The van der Waals surface area contributed by atoms with Crippen molar-refractivity contribution in [2.24, 2.45) is 0 Å². The van der Waals surface area contributed by atoms with Crippen LogP contribution < -0.4 is 0 Å². The van der Waals surface area contributed by atoms with Crippen LogP contribution in [0.1, 0.15) is 32.8 Å². The lowest BCUT2D eigenvalue weighted by Gasteiger charge is -2.25. The minimum absolute atomic E-state index is 0.0485. The van der Waals surface area contributed by atoms with Gasteiger partial charge in [-0.05, 0) is 38.5 Å². The number of hydrogen-bond acceptors (Lipinski definition) is 3. The molecule has 0 saturated heterocycles. The molecular weight excluding hydrogens is 267 g/mol. The molecule has 0 spiro atoms. The standard InChI is InChI=1S/C13H17FN2O2S/c1-4-7-16(10(2)3)19(17,18)12-5-6-13(14)11(8-12)9-15/h5-6,8,10H,4,7H2,1-3H3. The average Bonchev–Trinajstić information content (AvgIpc) is 2.35. The van der Waals surface area contributed by atoms with Crippen LogP contribution in [0.4, 0.5) is 4.39 Å². The van der Waals surface area contributed by atoms with Crippen LogP contribution in [0.5, 0.6) is 0 Å². The average molecular weight is 284 g/mol. The first-order chi connectivity index (χ1) is 8.84. The Kier molecular flexibility index (Phi) is 5.04.